The standard InChI is InChI=1S/C12H22N2O2/c1-8(13)12(16)14-9(2)11(15)10-6-4-3-5-7-10/h8-10H,3-7,13H2,1-2H3,(H,14,16)/t8-,9-/m0/s1. The molecule has 0 aliphatic heterocycles. The topological polar surface area (TPSA) is 72.2 Å². The SMILES string of the molecule is C[C@H](N)C(=O)N[C@@H](C)C(=O)C1CCCCC1. The Kier molecular flexibility index (Phi) is 4.93. The molecule has 0 radical (unpaired) electrons. The first-order valence-electron chi connectivity index (χ1n) is 6.12. The van der Waals surface area contributed by atoms with E-state index in [-0.39, 0.29) is 17.6 Å². The second-order valence-corrected chi connectivity index (χ2v) is 4.76. The second kappa shape index (κ2) is 5.99. The van der Waals surface area contributed by atoms with Crippen molar-refractivity contribution < 1.29 is 9.59 Å². The number of carbonyl (C=O) groups is 2. The first-order valence-corrected chi connectivity index (χ1v) is 6.12. The van der Waals surface area contributed by atoms with Gasteiger partial charge >= 0.3 is 0 Å². The van der Waals surface area contributed by atoms with Crippen LogP contribution in [0.3, 0.4) is 0 Å². The molecule has 3 N–H and O–H groups in total. The molecule has 4 heteroatoms. The maximum Gasteiger partial charge on any atom is 0.237 e. The lowest BCUT2D eigenvalue weighted by atomic mass is 9.84. The average molecular weight is 226 g/mol. The maximum absolute atomic E-state index is 12.0. The highest BCUT2D eigenvalue weighted by Crippen LogP contribution is 2.25. The molecule has 0 aromatic rings. The number of hydrogen-bond donors (Lipinski definition) is 2. The summed E-state index contributed by atoms with van der Waals surface area (Å²) in [6, 6.07) is -0.955. The van der Waals surface area contributed by atoms with Gasteiger partial charge in [-0.25, -0.2) is 0 Å². The Morgan fingerprint density at radius 2 is 1.75 bits per heavy atom. The van der Waals surface area contributed by atoms with Gasteiger partial charge in [0.1, 0.15) is 0 Å². The summed E-state index contributed by atoms with van der Waals surface area (Å²) in [6.45, 7) is 3.37. The summed E-state index contributed by atoms with van der Waals surface area (Å²) >= 11 is 0. The third kappa shape index (κ3) is 3.59. The molecular formula is C12H22N2O2. The van der Waals surface area contributed by atoms with E-state index in [1.807, 2.05) is 0 Å². The van der Waals surface area contributed by atoms with Gasteiger partial charge in [0.15, 0.2) is 5.78 Å². The van der Waals surface area contributed by atoms with Crippen molar-refractivity contribution in [1.29, 1.82) is 0 Å². The van der Waals surface area contributed by atoms with Gasteiger partial charge in [-0.05, 0) is 26.7 Å². The molecule has 0 aromatic carbocycles. The van der Waals surface area contributed by atoms with E-state index in [1.165, 1.54) is 6.42 Å². The molecule has 92 valence electrons. The average Bonchev–Trinajstić information content (AvgIpc) is 2.28. The Bertz CT molecular complexity index is 258. The number of ketones is 1. The van der Waals surface area contributed by atoms with Crippen LogP contribution in [0, 0.1) is 5.92 Å². The number of rotatable bonds is 4. The third-order valence-corrected chi connectivity index (χ3v) is 3.21. The summed E-state index contributed by atoms with van der Waals surface area (Å²) in [5.74, 6) is 0.0440. The maximum atomic E-state index is 12.0. The predicted molar refractivity (Wildman–Crippen MR) is 62.8 cm³/mol. The normalized spacial score (nSPS) is 21.2. The van der Waals surface area contributed by atoms with E-state index in [0.717, 1.165) is 25.7 Å². The van der Waals surface area contributed by atoms with Crippen LogP contribution < -0.4 is 11.1 Å². The van der Waals surface area contributed by atoms with E-state index >= 15 is 0 Å². The first kappa shape index (κ1) is 13.2. The number of hydrogen-bond acceptors (Lipinski definition) is 3. The van der Waals surface area contributed by atoms with Gasteiger partial charge in [0.2, 0.25) is 5.91 Å². The monoisotopic (exact) mass is 226 g/mol. The Morgan fingerprint density at radius 1 is 1.19 bits per heavy atom. The zero-order chi connectivity index (χ0) is 12.1. The summed E-state index contributed by atoms with van der Waals surface area (Å²) < 4.78 is 0. The summed E-state index contributed by atoms with van der Waals surface area (Å²) in [4.78, 5) is 23.4. The van der Waals surface area contributed by atoms with Crippen LogP contribution in [0.5, 0.6) is 0 Å². The van der Waals surface area contributed by atoms with Crippen LogP contribution in [0.2, 0.25) is 0 Å². The Balaban J connectivity index is 2.43. The minimum absolute atomic E-state index is 0.136. The van der Waals surface area contributed by atoms with Gasteiger partial charge in [-0.1, -0.05) is 19.3 Å². The molecule has 0 bridgehead atoms. The summed E-state index contributed by atoms with van der Waals surface area (Å²) in [6.07, 6.45) is 5.42. The van der Waals surface area contributed by atoms with Crippen molar-refractivity contribution in [3.8, 4) is 0 Å². The van der Waals surface area contributed by atoms with Crippen LogP contribution in [0.4, 0.5) is 0 Å². The van der Waals surface area contributed by atoms with Crippen molar-refractivity contribution in [2.45, 2.75) is 58.0 Å². The molecule has 16 heavy (non-hydrogen) atoms. The lowest BCUT2D eigenvalue weighted by Crippen LogP contribution is -2.47. The van der Waals surface area contributed by atoms with Crippen molar-refractivity contribution in [3.05, 3.63) is 0 Å². The van der Waals surface area contributed by atoms with Gasteiger partial charge in [0.05, 0.1) is 12.1 Å². The van der Waals surface area contributed by atoms with Gasteiger partial charge in [-0.2, -0.15) is 0 Å². The van der Waals surface area contributed by atoms with Gasteiger partial charge in [0, 0.05) is 5.92 Å². The highest BCUT2D eigenvalue weighted by atomic mass is 16.2. The van der Waals surface area contributed by atoms with Gasteiger partial charge in [-0.3, -0.25) is 9.59 Å². The Morgan fingerprint density at radius 3 is 2.25 bits per heavy atom. The lowest BCUT2D eigenvalue weighted by Gasteiger charge is -2.24. The highest BCUT2D eigenvalue weighted by Gasteiger charge is 2.26. The van der Waals surface area contributed by atoms with Crippen molar-refractivity contribution in [2.24, 2.45) is 11.7 Å². The molecule has 2 atom stereocenters. The van der Waals surface area contributed by atoms with Crippen LogP contribution in [-0.4, -0.2) is 23.8 Å². The van der Waals surface area contributed by atoms with E-state index in [9.17, 15) is 9.59 Å². The molecule has 1 fully saturated rings. The second-order valence-electron chi connectivity index (χ2n) is 4.76. The molecule has 1 rings (SSSR count). The zero-order valence-electron chi connectivity index (χ0n) is 10.2. The predicted octanol–water partition coefficient (Wildman–Crippen LogP) is 0.988. The van der Waals surface area contributed by atoms with E-state index < -0.39 is 12.1 Å². The minimum atomic E-state index is -0.554. The number of nitrogens with one attached hydrogen (secondary N) is 1. The van der Waals surface area contributed by atoms with Crippen molar-refractivity contribution in [1.82, 2.24) is 5.32 Å². The van der Waals surface area contributed by atoms with E-state index in [1.54, 1.807) is 13.8 Å². The summed E-state index contributed by atoms with van der Waals surface area (Å²) in [5, 5.41) is 2.66. The quantitative estimate of drug-likeness (QED) is 0.750. The van der Waals surface area contributed by atoms with Crippen molar-refractivity contribution in [3.63, 3.8) is 0 Å². The number of carbonyl (C=O) groups excluding carboxylic acids is 2. The molecule has 1 aliphatic carbocycles. The molecule has 0 aromatic heterocycles. The van der Waals surface area contributed by atoms with Crippen molar-refractivity contribution in [2.75, 3.05) is 0 Å². The number of amides is 1. The third-order valence-electron chi connectivity index (χ3n) is 3.21. The van der Waals surface area contributed by atoms with Crippen LogP contribution in [0.1, 0.15) is 46.0 Å². The van der Waals surface area contributed by atoms with Gasteiger partial charge in [-0.15, -0.1) is 0 Å². The van der Waals surface area contributed by atoms with Crippen LogP contribution >= 0.6 is 0 Å². The van der Waals surface area contributed by atoms with Gasteiger partial charge < -0.3 is 11.1 Å². The number of nitrogens with two attached hydrogens (primary N) is 1. The Hall–Kier alpha value is -0.900. The van der Waals surface area contributed by atoms with Gasteiger partial charge in [0.25, 0.3) is 0 Å². The van der Waals surface area contributed by atoms with Crippen molar-refractivity contribution >= 4 is 11.7 Å². The molecule has 0 unspecified atom stereocenters. The Labute approximate surface area is 97.0 Å². The van der Waals surface area contributed by atoms with Crippen LogP contribution in [-0.2, 0) is 9.59 Å². The number of Topliss-reactive ketones (excluding diaryl/α,β-unsaturated/α-hetero) is 1. The fraction of sp³-hybridized carbons (Fsp3) is 0.833. The molecule has 0 saturated heterocycles. The summed E-state index contributed by atoms with van der Waals surface area (Å²) in [7, 11) is 0. The minimum Gasteiger partial charge on any atom is -0.345 e. The van der Waals surface area contributed by atoms with E-state index in [4.69, 9.17) is 5.73 Å². The molecule has 1 saturated carbocycles. The summed E-state index contributed by atoms with van der Waals surface area (Å²) in [5.41, 5.74) is 5.44. The lowest BCUT2D eigenvalue weighted by molar-refractivity contribution is -0.130. The first-order chi connectivity index (χ1) is 7.52. The zero-order valence-corrected chi connectivity index (χ0v) is 10.2. The van der Waals surface area contributed by atoms with Crippen LogP contribution in [0.25, 0.3) is 0 Å². The molecule has 0 spiro atoms. The largest absolute Gasteiger partial charge is 0.345 e. The highest BCUT2D eigenvalue weighted by molar-refractivity contribution is 5.91. The molecular weight excluding hydrogens is 204 g/mol. The fourth-order valence-electron chi connectivity index (χ4n) is 2.16. The molecule has 4 nitrogen and oxygen atoms in total. The van der Waals surface area contributed by atoms with E-state index in [0.29, 0.717) is 0 Å². The fourth-order valence-corrected chi connectivity index (χ4v) is 2.16. The molecule has 1 amide bonds. The van der Waals surface area contributed by atoms with E-state index in [2.05, 4.69) is 5.32 Å². The molecule has 0 heterocycles. The smallest absolute Gasteiger partial charge is 0.237 e. The molecule has 1 aliphatic rings. The van der Waals surface area contributed by atoms with Crippen LogP contribution in [0.15, 0.2) is 0 Å².